The maximum atomic E-state index is 8.90. The van der Waals surface area contributed by atoms with Crippen molar-refractivity contribution in [2.24, 2.45) is 5.92 Å². The summed E-state index contributed by atoms with van der Waals surface area (Å²) < 4.78 is 0. The zero-order valence-corrected chi connectivity index (χ0v) is 9.38. The summed E-state index contributed by atoms with van der Waals surface area (Å²) >= 11 is 0. The van der Waals surface area contributed by atoms with Gasteiger partial charge < -0.3 is 0 Å². The molecule has 0 rings (SSSR count). The molecule has 0 aromatic rings. The van der Waals surface area contributed by atoms with Gasteiger partial charge in [0.1, 0.15) is 0 Å². The van der Waals surface area contributed by atoms with Crippen molar-refractivity contribution in [3.05, 3.63) is 0 Å². The van der Waals surface area contributed by atoms with Crippen molar-refractivity contribution in [3.63, 3.8) is 0 Å². The second-order valence-electron chi connectivity index (χ2n) is 4.10. The van der Waals surface area contributed by atoms with E-state index in [9.17, 15) is 0 Å². The van der Waals surface area contributed by atoms with Crippen molar-refractivity contribution >= 4 is 0 Å². The largest absolute Gasteiger partial charge is 0.291 e. The van der Waals surface area contributed by atoms with E-state index >= 15 is 0 Å². The Morgan fingerprint density at radius 3 is 2.31 bits per heavy atom. The molecule has 0 aliphatic heterocycles. The van der Waals surface area contributed by atoms with Crippen LogP contribution in [0.25, 0.3) is 0 Å². The Morgan fingerprint density at radius 2 is 1.92 bits per heavy atom. The van der Waals surface area contributed by atoms with Gasteiger partial charge in [-0.2, -0.15) is 5.26 Å². The predicted octanol–water partition coefficient (Wildman–Crippen LogP) is 2.66. The Labute approximate surface area is 82.5 Å². The molecule has 0 aliphatic rings. The summed E-state index contributed by atoms with van der Waals surface area (Å²) in [5.74, 6) is 0.725. The van der Waals surface area contributed by atoms with Crippen molar-refractivity contribution in [2.45, 2.75) is 46.1 Å². The van der Waals surface area contributed by atoms with Gasteiger partial charge in [-0.25, -0.2) is 0 Å². The molecule has 76 valence electrons. The molecule has 0 saturated carbocycles. The summed E-state index contributed by atoms with van der Waals surface area (Å²) in [6, 6.07) is 2.47. The number of hydrogen-bond acceptors (Lipinski definition) is 2. The fourth-order valence-electron chi connectivity index (χ4n) is 1.27. The van der Waals surface area contributed by atoms with E-state index in [2.05, 4.69) is 31.7 Å². The molecule has 0 amide bonds. The van der Waals surface area contributed by atoms with Crippen molar-refractivity contribution in [1.82, 2.24) is 4.90 Å². The van der Waals surface area contributed by atoms with Crippen molar-refractivity contribution < 1.29 is 0 Å². The van der Waals surface area contributed by atoms with Crippen LogP contribution in [0.5, 0.6) is 0 Å². The smallest absolute Gasteiger partial charge is 0.0975 e. The number of hydrogen-bond donors (Lipinski definition) is 0. The molecule has 1 unspecified atom stereocenters. The summed E-state index contributed by atoms with van der Waals surface area (Å²) in [5.41, 5.74) is 0. The van der Waals surface area contributed by atoms with Gasteiger partial charge in [0.05, 0.1) is 12.1 Å². The average Bonchev–Trinajstić information content (AvgIpc) is 2.10. The van der Waals surface area contributed by atoms with E-state index in [0.29, 0.717) is 0 Å². The number of rotatable bonds is 6. The Balaban J connectivity index is 3.78. The van der Waals surface area contributed by atoms with E-state index in [0.717, 1.165) is 25.3 Å². The topological polar surface area (TPSA) is 27.0 Å². The van der Waals surface area contributed by atoms with Crippen LogP contribution in [0.2, 0.25) is 0 Å². The molecule has 13 heavy (non-hydrogen) atoms. The monoisotopic (exact) mass is 182 g/mol. The van der Waals surface area contributed by atoms with Crippen LogP contribution >= 0.6 is 0 Å². The molecule has 0 spiro atoms. The van der Waals surface area contributed by atoms with Crippen LogP contribution in [0.4, 0.5) is 0 Å². The lowest BCUT2D eigenvalue weighted by Crippen LogP contribution is -2.31. The van der Waals surface area contributed by atoms with Crippen LogP contribution < -0.4 is 0 Å². The normalized spacial score (nSPS) is 13.3. The second-order valence-corrected chi connectivity index (χ2v) is 4.10. The van der Waals surface area contributed by atoms with Gasteiger partial charge in [-0.3, -0.25) is 4.90 Å². The zero-order chi connectivity index (χ0) is 10.3. The molecule has 0 saturated heterocycles. The molecule has 0 heterocycles. The Morgan fingerprint density at radius 1 is 1.31 bits per heavy atom. The lowest BCUT2D eigenvalue weighted by Gasteiger charge is -2.22. The van der Waals surface area contributed by atoms with Crippen molar-refractivity contribution in [2.75, 3.05) is 13.6 Å². The van der Waals surface area contributed by atoms with Gasteiger partial charge in [0.25, 0.3) is 0 Å². The van der Waals surface area contributed by atoms with E-state index in [-0.39, 0.29) is 6.04 Å². The summed E-state index contributed by atoms with van der Waals surface area (Å²) in [5, 5.41) is 8.90. The summed E-state index contributed by atoms with van der Waals surface area (Å²) in [7, 11) is 2.05. The lowest BCUT2D eigenvalue weighted by molar-refractivity contribution is 0.258. The molecule has 0 radical (unpaired) electrons. The lowest BCUT2D eigenvalue weighted by atomic mass is 10.1. The molecular formula is C11H22N2. The highest BCUT2D eigenvalue weighted by molar-refractivity contribution is 4.89. The van der Waals surface area contributed by atoms with Crippen molar-refractivity contribution in [3.8, 4) is 6.07 Å². The van der Waals surface area contributed by atoms with E-state index in [1.165, 1.54) is 6.42 Å². The first kappa shape index (κ1) is 12.4. The maximum Gasteiger partial charge on any atom is 0.0975 e. The molecule has 0 N–H and O–H groups in total. The third kappa shape index (κ3) is 5.65. The first-order chi connectivity index (χ1) is 6.11. The highest BCUT2D eigenvalue weighted by atomic mass is 15.1. The summed E-state index contributed by atoms with van der Waals surface area (Å²) in [4.78, 5) is 2.17. The van der Waals surface area contributed by atoms with Crippen LogP contribution in [-0.4, -0.2) is 24.5 Å². The first-order valence-electron chi connectivity index (χ1n) is 5.21. The van der Waals surface area contributed by atoms with Gasteiger partial charge in [0.15, 0.2) is 0 Å². The Kier molecular flexibility index (Phi) is 6.62. The maximum absolute atomic E-state index is 8.90. The molecule has 2 nitrogen and oxygen atoms in total. The average molecular weight is 182 g/mol. The van der Waals surface area contributed by atoms with Gasteiger partial charge in [-0.1, -0.05) is 27.2 Å². The molecule has 0 aromatic heterocycles. The van der Waals surface area contributed by atoms with Crippen LogP contribution in [-0.2, 0) is 0 Å². The number of nitrogens with zero attached hydrogens (tertiary/aromatic N) is 2. The fourth-order valence-corrected chi connectivity index (χ4v) is 1.27. The zero-order valence-electron chi connectivity index (χ0n) is 9.38. The van der Waals surface area contributed by atoms with E-state index < -0.39 is 0 Å². The van der Waals surface area contributed by atoms with Gasteiger partial charge in [0, 0.05) is 0 Å². The highest BCUT2D eigenvalue weighted by Gasteiger charge is 2.12. The molecule has 2 heteroatoms. The fraction of sp³-hybridized carbons (Fsp3) is 0.909. The quantitative estimate of drug-likeness (QED) is 0.631. The van der Waals surface area contributed by atoms with Gasteiger partial charge >= 0.3 is 0 Å². The molecular weight excluding hydrogens is 160 g/mol. The predicted molar refractivity (Wildman–Crippen MR) is 56.4 cm³/mol. The molecule has 1 atom stereocenters. The third-order valence-corrected chi connectivity index (χ3v) is 2.30. The molecule has 0 aliphatic carbocycles. The Hall–Kier alpha value is -0.550. The summed E-state index contributed by atoms with van der Waals surface area (Å²) in [6.45, 7) is 7.60. The molecule has 0 fully saturated rings. The minimum absolute atomic E-state index is 0.115. The molecule has 0 bridgehead atoms. The first-order valence-corrected chi connectivity index (χ1v) is 5.21. The standard InChI is InChI=1S/C11H22N2/c1-5-6-11(9-12)13(4)8-7-10(2)3/h10-11H,5-8H2,1-4H3. The van der Waals surface area contributed by atoms with Crippen LogP contribution in [0.15, 0.2) is 0 Å². The van der Waals surface area contributed by atoms with Gasteiger partial charge in [-0.05, 0) is 32.4 Å². The minimum atomic E-state index is 0.115. The third-order valence-electron chi connectivity index (χ3n) is 2.30. The Bertz CT molecular complexity index is 158. The second kappa shape index (κ2) is 6.91. The highest BCUT2D eigenvalue weighted by Crippen LogP contribution is 2.07. The van der Waals surface area contributed by atoms with Crippen LogP contribution in [0, 0.1) is 17.2 Å². The van der Waals surface area contributed by atoms with E-state index in [1.54, 1.807) is 0 Å². The minimum Gasteiger partial charge on any atom is -0.291 e. The summed E-state index contributed by atoms with van der Waals surface area (Å²) in [6.07, 6.45) is 3.26. The number of nitriles is 1. The molecule has 0 aromatic carbocycles. The van der Waals surface area contributed by atoms with Crippen molar-refractivity contribution in [1.29, 1.82) is 5.26 Å². The van der Waals surface area contributed by atoms with Crippen LogP contribution in [0.1, 0.15) is 40.0 Å². The van der Waals surface area contributed by atoms with Crippen LogP contribution in [0.3, 0.4) is 0 Å². The SMILES string of the molecule is CCCC(C#N)N(C)CCC(C)C. The van der Waals surface area contributed by atoms with E-state index in [1.807, 2.05) is 7.05 Å². The van der Waals surface area contributed by atoms with Gasteiger partial charge in [0.2, 0.25) is 0 Å². The van der Waals surface area contributed by atoms with Gasteiger partial charge in [-0.15, -0.1) is 0 Å². The van der Waals surface area contributed by atoms with E-state index in [4.69, 9.17) is 5.26 Å².